The monoisotopic (exact) mass is 852 g/mol. The van der Waals surface area contributed by atoms with Gasteiger partial charge in [-0.2, -0.15) is 0 Å². The molecule has 0 aliphatic rings. The van der Waals surface area contributed by atoms with Gasteiger partial charge in [0, 0.05) is 6.42 Å². The number of unbranched alkanes of at least 4 members (excludes halogenated alkanes) is 20. The van der Waals surface area contributed by atoms with E-state index in [1.807, 2.05) is 6.08 Å². The van der Waals surface area contributed by atoms with Gasteiger partial charge < -0.3 is 25.2 Å². The summed E-state index contributed by atoms with van der Waals surface area (Å²) < 4.78 is 33.3. The van der Waals surface area contributed by atoms with Crippen LogP contribution < -0.4 is 5.73 Å². The molecule has 342 valence electrons. The maximum absolute atomic E-state index is 12.7. The second-order valence-corrected chi connectivity index (χ2v) is 17.0. The Morgan fingerprint density at radius 3 is 1.37 bits per heavy atom. The molecule has 0 aromatic carbocycles. The van der Waals surface area contributed by atoms with Gasteiger partial charge in [0.1, 0.15) is 12.1 Å². The molecule has 0 spiro atoms. The van der Waals surface area contributed by atoms with Crippen molar-refractivity contribution in [2.45, 2.75) is 206 Å². The van der Waals surface area contributed by atoms with E-state index in [1.165, 1.54) is 109 Å². The Balaban J connectivity index is 4.25. The largest absolute Gasteiger partial charge is 0.480 e. The summed E-state index contributed by atoms with van der Waals surface area (Å²) in [5, 5.41) is 8.90. The van der Waals surface area contributed by atoms with Gasteiger partial charge in [-0.1, -0.05) is 203 Å². The number of phosphoric ester groups is 1. The molecule has 11 heteroatoms. The van der Waals surface area contributed by atoms with Crippen molar-refractivity contribution in [2.75, 3.05) is 26.4 Å². The minimum absolute atomic E-state index is 0.0373. The van der Waals surface area contributed by atoms with Crippen molar-refractivity contribution < 1.29 is 42.7 Å². The number of esters is 1. The van der Waals surface area contributed by atoms with Gasteiger partial charge >= 0.3 is 19.8 Å². The summed E-state index contributed by atoms with van der Waals surface area (Å²) in [4.78, 5) is 33.6. The highest BCUT2D eigenvalue weighted by atomic mass is 31.2. The molecule has 0 saturated heterocycles. The van der Waals surface area contributed by atoms with E-state index in [-0.39, 0.29) is 13.0 Å². The predicted molar refractivity (Wildman–Crippen MR) is 244 cm³/mol. The highest BCUT2D eigenvalue weighted by Gasteiger charge is 2.27. The molecule has 3 unspecified atom stereocenters. The fourth-order valence-electron chi connectivity index (χ4n) is 6.26. The van der Waals surface area contributed by atoms with E-state index >= 15 is 0 Å². The average molecular weight is 852 g/mol. The van der Waals surface area contributed by atoms with Crippen molar-refractivity contribution in [1.82, 2.24) is 0 Å². The smallest absolute Gasteiger partial charge is 0.472 e. The number of phosphoric acid groups is 1. The van der Waals surface area contributed by atoms with Gasteiger partial charge in [-0.05, 0) is 44.9 Å². The minimum atomic E-state index is -4.64. The molecule has 0 aromatic rings. The van der Waals surface area contributed by atoms with E-state index in [4.69, 9.17) is 29.4 Å². The van der Waals surface area contributed by atoms with Gasteiger partial charge in [0.05, 0.1) is 26.4 Å². The standard InChI is InChI=1S/C48H86NO9P/c1-3-5-7-9-11-13-15-17-19-21-22-23-24-25-26-28-30-32-34-36-38-40-47(50)58-45(43-56-59(53,54)57-44-46(49)48(51)52)42-55-41-39-37-35-33-31-29-27-20-18-16-14-12-10-8-6-4-2/h6,8,12,14,18,20,29,31,35,37,45-46H,3-5,7,9-11,13,15-17,19,21-28,30,32-34,36,38-44,49H2,1-2H3,(H,51,52)(H,53,54)/b8-6-,14-12-,20-18-,31-29-,37-35-. The van der Waals surface area contributed by atoms with E-state index < -0.39 is 45.1 Å². The number of carbonyl (C=O) groups is 2. The number of hydrogen-bond donors (Lipinski definition) is 3. The third-order valence-electron chi connectivity index (χ3n) is 9.83. The highest BCUT2D eigenvalue weighted by Crippen LogP contribution is 2.43. The van der Waals surface area contributed by atoms with Crippen LogP contribution in [0, 0.1) is 0 Å². The molecule has 0 amide bonds. The van der Waals surface area contributed by atoms with Gasteiger partial charge in [0.2, 0.25) is 0 Å². The predicted octanol–water partition coefficient (Wildman–Crippen LogP) is 13.2. The quantitative estimate of drug-likeness (QED) is 0.0233. The third-order valence-corrected chi connectivity index (χ3v) is 10.8. The van der Waals surface area contributed by atoms with Crippen LogP contribution in [0.1, 0.15) is 194 Å². The lowest BCUT2D eigenvalue weighted by Crippen LogP contribution is -2.34. The van der Waals surface area contributed by atoms with Crippen LogP contribution in [0.2, 0.25) is 0 Å². The summed E-state index contributed by atoms with van der Waals surface area (Å²) in [7, 11) is -4.64. The van der Waals surface area contributed by atoms with Gasteiger partial charge in [0.15, 0.2) is 0 Å². The van der Waals surface area contributed by atoms with Crippen LogP contribution in [0.4, 0.5) is 0 Å². The molecule has 59 heavy (non-hydrogen) atoms. The molecule has 3 atom stereocenters. The van der Waals surface area contributed by atoms with Gasteiger partial charge in [0.25, 0.3) is 0 Å². The average Bonchev–Trinajstić information content (AvgIpc) is 3.21. The maximum atomic E-state index is 12.7. The summed E-state index contributed by atoms with van der Waals surface area (Å²) in [6.07, 6.45) is 53.1. The van der Waals surface area contributed by atoms with Crippen molar-refractivity contribution in [2.24, 2.45) is 5.73 Å². The van der Waals surface area contributed by atoms with Crippen LogP contribution in [0.25, 0.3) is 0 Å². The molecule has 0 fully saturated rings. The zero-order chi connectivity index (χ0) is 43.3. The zero-order valence-corrected chi connectivity index (χ0v) is 38.2. The first-order valence-corrected chi connectivity index (χ1v) is 24.8. The van der Waals surface area contributed by atoms with Crippen molar-refractivity contribution >= 4 is 19.8 Å². The molecule has 0 saturated carbocycles. The van der Waals surface area contributed by atoms with Crippen molar-refractivity contribution in [1.29, 1.82) is 0 Å². The SMILES string of the molecule is CC/C=C\C/C=C\C/C=C\C/C=C\C/C=C\CCOCC(COP(=O)(O)OCC(N)C(=O)O)OC(=O)CCCCCCCCCCCCCCCCCCCCCCC. The Morgan fingerprint density at radius 1 is 0.559 bits per heavy atom. The number of rotatable bonds is 44. The van der Waals surface area contributed by atoms with E-state index in [0.29, 0.717) is 19.4 Å². The molecule has 0 aromatic heterocycles. The molecule has 0 rings (SSSR count). The summed E-state index contributed by atoms with van der Waals surface area (Å²) >= 11 is 0. The zero-order valence-electron chi connectivity index (χ0n) is 37.3. The lowest BCUT2D eigenvalue weighted by molar-refractivity contribution is -0.154. The van der Waals surface area contributed by atoms with Gasteiger partial charge in [-0.25, -0.2) is 4.57 Å². The Labute approximate surface area is 360 Å². The van der Waals surface area contributed by atoms with Crippen LogP contribution >= 0.6 is 7.82 Å². The van der Waals surface area contributed by atoms with E-state index in [0.717, 1.165) is 51.4 Å². The Kier molecular flexibility index (Phi) is 42.0. The number of nitrogens with two attached hydrogens (primary N) is 1. The second-order valence-electron chi connectivity index (χ2n) is 15.5. The van der Waals surface area contributed by atoms with Crippen LogP contribution in [0.5, 0.6) is 0 Å². The van der Waals surface area contributed by atoms with Gasteiger partial charge in [-0.3, -0.25) is 18.6 Å². The molecular formula is C48H86NO9P. The lowest BCUT2D eigenvalue weighted by atomic mass is 10.0. The number of carbonyl (C=O) groups excluding carboxylic acids is 1. The molecule has 10 nitrogen and oxygen atoms in total. The number of aliphatic carboxylic acids is 1. The molecule has 0 bridgehead atoms. The van der Waals surface area contributed by atoms with E-state index in [9.17, 15) is 19.0 Å². The summed E-state index contributed by atoms with van der Waals surface area (Å²) in [6.45, 7) is 3.56. The number of carboxylic acids is 1. The summed E-state index contributed by atoms with van der Waals surface area (Å²) in [6, 6.07) is -1.49. The first kappa shape index (κ1) is 56.7. The number of ether oxygens (including phenoxy) is 2. The molecule has 0 heterocycles. The number of hydrogen-bond acceptors (Lipinski definition) is 8. The third kappa shape index (κ3) is 43.6. The molecule has 4 N–H and O–H groups in total. The van der Waals surface area contributed by atoms with Crippen molar-refractivity contribution in [3.05, 3.63) is 60.8 Å². The maximum Gasteiger partial charge on any atom is 0.472 e. The molecule has 0 radical (unpaired) electrons. The van der Waals surface area contributed by atoms with E-state index in [2.05, 4.69) is 68.5 Å². The van der Waals surface area contributed by atoms with Crippen LogP contribution in [-0.4, -0.2) is 60.5 Å². The Hall–Kier alpha value is -2.33. The van der Waals surface area contributed by atoms with Crippen molar-refractivity contribution in [3.63, 3.8) is 0 Å². The molecule has 0 aliphatic heterocycles. The normalized spacial score (nSPS) is 14.4. The summed E-state index contributed by atoms with van der Waals surface area (Å²) in [5.74, 6) is -1.81. The molecule has 0 aliphatic carbocycles. The minimum Gasteiger partial charge on any atom is -0.480 e. The van der Waals surface area contributed by atoms with Crippen molar-refractivity contribution in [3.8, 4) is 0 Å². The fraction of sp³-hybridized carbons (Fsp3) is 0.750. The second kappa shape index (κ2) is 43.7. The Morgan fingerprint density at radius 2 is 0.949 bits per heavy atom. The molecular weight excluding hydrogens is 765 g/mol. The first-order valence-electron chi connectivity index (χ1n) is 23.3. The highest BCUT2D eigenvalue weighted by molar-refractivity contribution is 7.47. The van der Waals surface area contributed by atoms with E-state index in [1.54, 1.807) is 0 Å². The lowest BCUT2D eigenvalue weighted by Gasteiger charge is -2.20. The first-order chi connectivity index (χ1) is 28.7. The van der Waals surface area contributed by atoms with Crippen LogP contribution in [-0.2, 0) is 32.7 Å². The number of allylic oxidation sites excluding steroid dienone is 9. The number of carboxylic acid groups (broad SMARTS) is 1. The van der Waals surface area contributed by atoms with Crippen LogP contribution in [0.15, 0.2) is 60.8 Å². The van der Waals surface area contributed by atoms with Crippen LogP contribution in [0.3, 0.4) is 0 Å². The topological polar surface area (TPSA) is 155 Å². The van der Waals surface area contributed by atoms with Gasteiger partial charge in [-0.15, -0.1) is 0 Å². The fourth-order valence-corrected chi connectivity index (χ4v) is 7.04. The Bertz CT molecular complexity index is 1170. The summed E-state index contributed by atoms with van der Waals surface area (Å²) in [5.41, 5.74) is 5.36.